The molecule has 0 aliphatic heterocycles. The van der Waals surface area contributed by atoms with Crippen LogP contribution < -0.4 is 16.5 Å². The Labute approximate surface area is 193 Å². The number of anilines is 1. The number of nitrogens with one attached hydrogen (secondary N) is 2. The molecule has 1 atom stereocenters. The molecule has 10 nitrogen and oxygen atoms in total. The number of nitrogens with zero attached hydrogens (tertiary/aromatic N) is 4. The van der Waals surface area contributed by atoms with Crippen molar-refractivity contribution in [2.24, 2.45) is 7.05 Å². The molecule has 34 heavy (non-hydrogen) atoms. The number of hydrogen-bond donors (Lipinski definition) is 2. The molecule has 4 aromatic heterocycles. The molecule has 5 aromatic rings. The molecule has 0 radical (unpaired) electrons. The van der Waals surface area contributed by atoms with Crippen LogP contribution in [0.25, 0.3) is 33.8 Å². The number of rotatable bonds is 5. The second-order valence-corrected chi connectivity index (χ2v) is 8.23. The zero-order valence-electron chi connectivity index (χ0n) is 19.0. The van der Waals surface area contributed by atoms with Crippen molar-refractivity contribution < 1.29 is 8.94 Å². The van der Waals surface area contributed by atoms with Gasteiger partial charge in [-0.25, -0.2) is 4.79 Å². The molecule has 0 spiro atoms. The van der Waals surface area contributed by atoms with E-state index in [1.54, 1.807) is 30.1 Å². The Hall–Kier alpha value is -4.47. The number of aromatic nitrogens is 5. The van der Waals surface area contributed by atoms with E-state index in [1.807, 2.05) is 45.3 Å². The highest BCUT2D eigenvalue weighted by atomic mass is 16.5. The number of H-pyrrole nitrogens is 1. The van der Waals surface area contributed by atoms with Crippen LogP contribution in [0.15, 0.2) is 61.4 Å². The fourth-order valence-corrected chi connectivity index (χ4v) is 4.06. The lowest BCUT2D eigenvalue weighted by atomic mass is 9.99. The number of fused-ring (bicyclic) bond motifs is 1. The highest BCUT2D eigenvalue weighted by Crippen LogP contribution is 2.33. The van der Waals surface area contributed by atoms with Gasteiger partial charge in [-0.2, -0.15) is 5.10 Å². The van der Waals surface area contributed by atoms with Gasteiger partial charge in [-0.3, -0.25) is 24.0 Å². The minimum Gasteiger partial charge on any atom is -0.455 e. The van der Waals surface area contributed by atoms with Crippen LogP contribution in [0, 0.1) is 13.8 Å². The van der Waals surface area contributed by atoms with Crippen molar-refractivity contribution in [2.45, 2.75) is 26.8 Å². The first-order valence-corrected chi connectivity index (χ1v) is 10.7. The number of hydrogen-bond acceptors (Lipinski definition) is 8. The molecule has 0 fully saturated rings. The van der Waals surface area contributed by atoms with E-state index in [0.717, 1.165) is 16.7 Å². The lowest BCUT2D eigenvalue weighted by Gasteiger charge is -2.19. The summed E-state index contributed by atoms with van der Waals surface area (Å²) in [5.41, 5.74) is 4.49. The van der Waals surface area contributed by atoms with Crippen molar-refractivity contribution in [1.82, 2.24) is 24.9 Å². The van der Waals surface area contributed by atoms with E-state index in [1.165, 1.54) is 0 Å². The lowest BCUT2D eigenvalue weighted by Crippen LogP contribution is -2.13. The molecule has 172 valence electrons. The third-order valence-corrected chi connectivity index (χ3v) is 5.67. The molecule has 0 saturated heterocycles. The minimum atomic E-state index is -0.663. The van der Waals surface area contributed by atoms with Gasteiger partial charge in [0.25, 0.3) is 0 Å². The Morgan fingerprint density at radius 3 is 2.74 bits per heavy atom. The lowest BCUT2D eigenvalue weighted by molar-refractivity contribution is 0.388. The highest BCUT2D eigenvalue weighted by molar-refractivity contribution is 5.84. The molecular weight excluding hydrogens is 436 g/mol. The molecule has 0 amide bonds. The first-order valence-electron chi connectivity index (χ1n) is 10.7. The standard InChI is InChI=1S/C24H22N6O4/c1-12-8-16(14(3)27-18-6-5-7-25-19(18)23-28-24(32)34-29-23)22-17(9-12)20(31)13(2)21(33-22)15-10-26-30(4)11-15/h5-11,14,27H,1-4H3,(H,28,29,32). The normalized spacial score (nSPS) is 12.2. The number of pyridine rings is 1. The van der Waals surface area contributed by atoms with Gasteiger partial charge in [-0.15, -0.1) is 0 Å². The molecular formula is C24H22N6O4. The summed E-state index contributed by atoms with van der Waals surface area (Å²) in [5, 5.41) is 11.9. The van der Waals surface area contributed by atoms with Crippen LogP contribution >= 0.6 is 0 Å². The molecule has 2 N–H and O–H groups in total. The maximum atomic E-state index is 13.3. The Morgan fingerprint density at radius 1 is 1.21 bits per heavy atom. The second kappa shape index (κ2) is 8.14. The van der Waals surface area contributed by atoms with Gasteiger partial charge in [0.2, 0.25) is 5.82 Å². The van der Waals surface area contributed by atoms with Gasteiger partial charge in [-0.05, 0) is 44.5 Å². The molecule has 10 heteroatoms. The fourth-order valence-electron chi connectivity index (χ4n) is 4.06. The van der Waals surface area contributed by atoms with Crippen molar-refractivity contribution in [3.63, 3.8) is 0 Å². The van der Waals surface area contributed by atoms with E-state index in [9.17, 15) is 9.59 Å². The van der Waals surface area contributed by atoms with Gasteiger partial charge in [0, 0.05) is 30.6 Å². The van der Waals surface area contributed by atoms with Crippen LogP contribution in [0.4, 0.5) is 5.69 Å². The van der Waals surface area contributed by atoms with Crippen LogP contribution in [0.1, 0.15) is 29.7 Å². The Balaban J connectivity index is 1.64. The average molecular weight is 458 g/mol. The average Bonchev–Trinajstić information content (AvgIpc) is 3.44. The van der Waals surface area contributed by atoms with Crippen molar-refractivity contribution in [3.8, 4) is 22.8 Å². The zero-order chi connectivity index (χ0) is 24.0. The van der Waals surface area contributed by atoms with Gasteiger partial charge in [0.05, 0.1) is 28.9 Å². The number of benzene rings is 1. The minimum absolute atomic E-state index is 0.0838. The summed E-state index contributed by atoms with van der Waals surface area (Å²) >= 11 is 0. The molecule has 0 bridgehead atoms. The fraction of sp³-hybridized carbons (Fsp3) is 0.208. The van der Waals surface area contributed by atoms with Crippen molar-refractivity contribution in [3.05, 3.63) is 80.3 Å². The summed E-state index contributed by atoms with van der Waals surface area (Å²) in [7, 11) is 1.81. The van der Waals surface area contributed by atoms with E-state index in [-0.39, 0.29) is 17.3 Å². The van der Waals surface area contributed by atoms with Crippen molar-refractivity contribution in [1.29, 1.82) is 0 Å². The third kappa shape index (κ3) is 3.68. The summed E-state index contributed by atoms with van der Waals surface area (Å²) in [6.07, 6.45) is 5.09. The molecule has 5 rings (SSSR count). The van der Waals surface area contributed by atoms with Crippen molar-refractivity contribution in [2.75, 3.05) is 5.32 Å². The number of aromatic amines is 1. The van der Waals surface area contributed by atoms with Crippen LogP contribution in [0.2, 0.25) is 0 Å². The molecule has 0 aliphatic rings. The van der Waals surface area contributed by atoms with E-state index in [0.29, 0.717) is 33.7 Å². The van der Waals surface area contributed by atoms with Gasteiger partial charge in [0.1, 0.15) is 17.0 Å². The smallest absolute Gasteiger partial charge is 0.439 e. The predicted octanol–water partition coefficient (Wildman–Crippen LogP) is 3.72. The van der Waals surface area contributed by atoms with Gasteiger partial charge in [-0.1, -0.05) is 11.2 Å². The number of aryl methyl sites for hydroxylation is 2. The summed E-state index contributed by atoms with van der Waals surface area (Å²) in [4.78, 5) is 31.6. The van der Waals surface area contributed by atoms with Gasteiger partial charge < -0.3 is 9.73 Å². The molecule has 1 unspecified atom stereocenters. The van der Waals surface area contributed by atoms with E-state index < -0.39 is 5.76 Å². The summed E-state index contributed by atoms with van der Waals surface area (Å²) < 4.78 is 12.6. The quantitative estimate of drug-likeness (QED) is 0.407. The van der Waals surface area contributed by atoms with Gasteiger partial charge in [0.15, 0.2) is 5.43 Å². The van der Waals surface area contributed by atoms with Crippen LogP contribution in [0.5, 0.6) is 0 Å². The Bertz CT molecular complexity index is 1640. The monoisotopic (exact) mass is 458 g/mol. The van der Waals surface area contributed by atoms with Crippen LogP contribution in [0.3, 0.4) is 0 Å². The SMILES string of the molecule is Cc1cc(C(C)Nc2cccnc2-c2noc(=O)[nH]2)c2oc(-c3cnn(C)c3)c(C)c(=O)c2c1. The van der Waals surface area contributed by atoms with E-state index >= 15 is 0 Å². The summed E-state index contributed by atoms with van der Waals surface area (Å²) in [5.74, 6) is 0.0463. The van der Waals surface area contributed by atoms with E-state index in [4.69, 9.17) is 4.42 Å². The maximum absolute atomic E-state index is 13.3. The molecule has 4 heterocycles. The van der Waals surface area contributed by atoms with Crippen molar-refractivity contribution >= 4 is 16.7 Å². The Kier molecular flexibility index (Phi) is 5.12. The third-order valence-electron chi connectivity index (χ3n) is 5.67. The van der Waals surface area contributed by atoms with Gasteiger partial charge >= 0.3 is 5.76 Å². The van der Waals surface area contributed by atoms with Crippen LogP contribution in [-0.2, 0) is 7.05 Å². The Morgan fingerprint density at radius 2 is 2.03 bits per heavy atom. The maximum Gasteiger partial charge on any atom is 0.439 e. The molecule has 0 saturated carbocycles. The zero-order valence-corrected chi connectivity index (χ0v) is 19.0. The largest absolute Gasteiger partial charge is 0.455 e. The summed E-state index contributed by atoms with van der Waals surface area (Å²) in [6.45, 7) is 5.66. The molecule has 1 aromatic carbocycles. The first kappa shape index (κ1) is 21.4. The second-order valence-electron chi connectivity index (χ2n) is 8.23. The topological polar surface area (TPSA) is 132 Å². The molecule has 0 aliphatic carbocycles. The first-order chi connectivity index (χ1) is 16.3. The highest BCUT2D eigenvalue weighted by Gasteiger charge is 2.21. The van der Waals surface area contributed by atoms with Crippen LogP contribution in [-0.4, -0.2) is 24.9 Å². The van der Waals surface area contributed by atoms with E-state index in [2.05, 4.69) is 30.1 Å². The summed E-state index contributed by atoms with van der Waals surface area (Å²) in [6, 6.07) is 7.14. The predicted molar refractivity (Wildman–Crippen MR) is 127 cm³/mol.